The van der Waals surface area contributed by atoms with E-state index in [0.717, 1.165) is 0 Å². The Balaban J connectivity index is 1.74. The second kappa shape index (κ2) is 5.57. The van der Waals surface area contributed by atoms with Crippen LogP contribution in [0.2, 0.25) is 0 Å². The molecule has 2 fully saturated rings. The second-order valence-electron chi connectivity index (χ2n) is 9.21. The summed E-state index contributed by atoms with van der Waals surface area (Å²) in [5.41, 5.74) is 8.63. The number of nitrogens with two attached hydrogens (primary N) is 1. The normalized spacial score (nSPS) is 30.6. The molecule has 0 aromatic heterocycles. The van der Waals surface area contributed by atoms with Crippen LogP contribution in [0.3, 0.4) is 0 Å². The number of likely N-dealkylation sites (tertiary alicyclic amines) is 1. The Morgan fingerprint density at radius 1 is 1.08 bits per heavy atom. The van der Waals surface area contributed by atoms with Crippen LogP contribution in [-0.4, -0.2) is 24.0 Å². The average Bonchev–Trinajstić information content (AvgIpc) is 2.77. The van der Waals surface area contributed by atoms with Crippen LogP contribution in [0.4, 0.5) is 0 Å². The van der Waals surface area contributed by atoms with Crippen LogP contribution in [0.1, 0.15) is 51.6 Å². The Bertz CT molecular complexity index is 745. The highest BCUT2D eigenvalue weighted by Gasteiger charge is 2.51. The lowest BCUT2D eigenvalue weighted by molar-refractivity contribution is 0.118. The minimum absolute atomic E-state index is 0.330. The maximum atomic E-state index is 6.33. The zero-order valence-electron chi connectivity index (χ0n) is 15.3. The average molecular weight is 322 g/mol. The molecule has 2 N–H and O–H groups in total. The number of hydrogen-bond acceptors (Lipinski definition) is 2. The molecule has 2 heteroatoms. The summed E-state index contributed by atoms with van der Waals surface area (Å²) in [5.74, 6) is 0. The predicted molar refractivity (Wildman–Crippen MR) is 102 cm³/mol. The third-order valence-corrected chi connectivity index (χ3v) is 6.26. The largest absolute Gasteiger partial charge is 0.329 e. The molecule has 1 aliphatic heterocycles. The first-order chi connectivity index (χ1) is 11.4. The van der Waals surface area contributed by atoms with Crippen molar-refractivity contribution < 1.29 is 0 Å². The van der Waals surface area contributed by atoms with E-state index in [1.54, 1.807) is 0 Å². The van der Waals surface area contributed by atoms with Crippen molar-refractivity contribution in [3.63, 3.8) is 0 Å². The standard InChI is InChI=1S/C22H30N2/c1-21(2)11-17-12-22(3,14-21)15-24(17)20(13-23)19-10-6-8-16-7-4-5-9-18(16)19/h4-10,17,20H,11-15,23H2,1-3H3. The number of fused-ring (bicyclic) bond motifs is 3. The fraction of sp³-hybridized carbons (Fsp3) is 0.545. The Kier molecular flexibility index (Phi) is 3.74. The van der Waals surface area contributed by atoms with Gasteiger partial charge in [-0.25, -0.2) is 0 Å². The van der Waals surface area contributed by atoms with Crippen LogP contribution in [0.5, 0.6) is 0 Å². The van der Waals surface area contributed by atoms with Gasteiger partial charge in [0.15, 0.2) is 0 Å². The van der Waals surface area contributed by atoms with Crippen molar-refractivity contribution in [2.75, 3.05) is 13.1 Å². The van der Waals surface area contributed by atoms with Gasteiger partial charge in [-0.2, -0.15) is 0 Å². The van der Waals surface area contributed by atoms with E-state index in [1.807, 2.05) is 0 Å². The van der Waals surface area contributed by atoms with Crippen LogP contribution in [0.25, 0.3) is 10.8 Å². The van der Waals surface area contributed by atoms with Crippen LogP contribution >= 0.6 is 0 Å². The van der Waals surface area contributed by atoms with Gasteiger partial charge in [0.1, 0.15) is 0 Å². The molecule has 2 aromatic carbocycles. The van der Waals surface area contributed by atoms with Crippen molar-refractivity contribution in [2.24, 2.45) is 16.6 Å². The molecule has 0 spiro atoms. The zero-order valence-corrected chi connectivity index (χ0v) is 15.3. The van der Waals surface area contributed by atoms with Gasteiger partial charge in [0, 0.05) is 25.2 Å². The van der Waals surface area contributed by atoms with Gasteiger partial charge in [0.2, 0.25) is 0 Å². The van der Waals surface area contributed by atoms with Gasteiger partial charge in [0.05, 0.1) is 0 Å². The molecule has 1 heterocycles. The van der Waals surface area contributed by atoms with Gasteiger partial charge < -0.3 is 5.73 Å². The van der Waals surface area contributed by atoms with Crippen LogP contribution in [0.15, 0.2) is 42.5 Å². The first kappa shape index (κ1) is 16.1. The summed E-state index contributed by atoms with van der Waals surface area (Å²) in [4.78, 5) is 2.73. The van der Waals surface area contributed by atoms with E-state index in [2.05, 4.69) is 68.1 Å². The van der Waals surface area contributed by atoms with Crippen LogP contribution in [0, 0.1) is 10.8 Å². The molecule has 1 aliphatic carbocycles. The maximum absolute atomic E-state index is 6.33. The molecule has 1 saturated heterocycles. The van der Waals surface area contributed by atoms with Gasteiger partial charge >= 0.3 is 0 Å². The predicted octanol–water partition coefficient (Wildman–Crippen LogP) is 4.74. The Labute approximate surface area is 146 Å². The number of nitrogens with zero attached hydrogens (tertiary/aromatic N) is 1. The van der Waals surface area contributed by atoms with Crippen LogP contribution in [-0.2, 0) is 0 Å². The molecule has 24 heavy (non-hydrogen) atoms. The third kappa shape index (κ3) is 2.66. The lowest BCUT2D eigenvalue weighted by Crippen LogP contribution is -2.39. The summed E-state index contributed by atoms with van der Waals surface area (Å²) < 4.78 is 0. The monoisotopic (exact) mass is 322 g/mol. The van der Waals surface area contributed by atoms with E-state index in [0.29, 0.717) is 29.5 Å². The highest BCUT2D eigenvalue weighted by atomic mass is 15.2. The molecule has 128 valence electrons. The summed E-state index contributed by atoms with van der Waals surface area (Å²) in [6.07, 6.45) is 3.96. The first-order valence-electron chi connectivity index (χ1n) is 9.34. The molecular formula is C22H30N2. The smallest absolute Gasteiger partial charge is 0.0479 e. The van der Waals surface area contributed by atoms with Gasteiger partial charge in [-0.15, -0.1) is 0 Å². The molecule has 4 rings (SSSR count). The van der Waals surface area contributed by atoms with E-state index in [9.17, 15) is 0 Å². The lowest BCUT2D eigenvalue weighted by Gasteiger charge is -2.40. The fourth-order valence-electron chi connectivity index (χ4n) is 5.85. The molecule has 3 unspecified atom stereocenters. The van der Waals surface area contributed by atoms with Crippen molar-refractivity contribution >= 4 is 10.8 Å². The Morgan fingerprint density at radius 2 is 1.83 bits per heavy atom. The highest BCUT2D eigenvalue weighted by molar-refractivity contribution is 5.86. The molecule has 2 aromatic rings. The maximum Gasteiger partial charge on any atom is 0.0479 e. The Hall–Kier alpha value is -1.38. The van der Waals surface area contributed by atoms with Crippen molar-refractivity contribution in [2.45, 2.75) is 52.1 Å². The first-order valence-corrected chi connectivity index (χ1v) is 9.34. The summed E-state index contributed by atoms with van der Waals surface area (Å²) in [6, 6.07) is 16.4. The van der Waals surface area contributed by atoms with Gasteiger partial charge in [0.25, 0.3) is 0 Å². The molecule has 2 aliphatic rings. The summed E-state index contributed by atoms with van der Waals surface area (Å²) >= 11 is 0. The quantitative estimate of drug-likeness (QED) is 0.884. The SMILES string of the molecule is CC1(C)CC2CC(C)(CN2C(CN)c2cccc3ccccc23)C1. The minimum atomic E-state index is 0.330. The zero-order chi connectivity index (χ0) is 16.9. The lowest BCUT2D eigenvalue weighted by atomic mass is 9.65. The topological polar surface area (TPSA) is 29.3 Å². The number of hydrogen-bond donors (Lipinski definition) is 1. The number of benzene rings is 2. The van der Waals surface area contributed by atoms with Crippen LogP contribution < -0.4 is 5.73 Å². The molecule has 2 bridgehead atoms. The molecule has 2 nitrogen and oxygen atoms in total. The molecule has 0 amide bonds. The van der Waals surface area contributed by atoms with Gasteiger partial charge in [-0.3, -0.25) is 4.90 Å². The molecular weight excluding hydrogens is 292 g/mol. The molecule has 1 saturated carbocycles. The molecule has 3 atom stereocenters. The molecule has 0 radical (unpaired) electrons. The summed E-state index contributed by atoms with van der Waals surface area (Å²) in [6.45, 7) is 9.25. The van der Waals surface area contributed by atoms with E-state index in [1.165, 1.54) is 42.1 Å². The highest BCUT2D eigenvalue weighted by Crippen LogP contribution is 2.54. The minimum Gasteiger partial charge on any atom is -0.329 e. The van der Waals surface area contributed by atoms with Gasteiger partial charge in [-0.1, -0.05) is 63.2 Å². The van der Waals surface area contributed by atoms with E-state index in [4.69, 9.17) is 5.73 Å². The van der Waals surface area contributed by atoms with E-state index in [-0.39, 0.29) is 0 Å². The third-order valence-electron chi connectivity index (χ3n) is 6.26. The Morgan fingerprint density at radius 3 is 2.62 bits per heavy atom. The van der Waals surface area contributed by atoms with Crippen molar-refractivity contribution in [3.05, 3.63) is 48.0 Å². The summed E-state index contributed by atoms with van der Waals surface area (Å²) in [5, 5.41) is 2.68. The van der Waals surface area contributed by atoms with Crippen molar-refractivity contribution in [3.8, 4) is 0 Å². The van der Waals surface area contributed by atoms with Gasteiger partial charge in [-0.05, 0) is 46.4 Å². The summed E-state index contributed by atoms with van der Waals surface area (Å²) in [7, 11) is 0. The van der Waals surface area contributed by atoms with Crippen molar-refractivity contribution in [1.29, 1.82) is 0 Å². The van der Waals surface area contributed by atoms with E-state index >= 15 is 0 Å². The van der Waals surface area contributed by atoms with Crippen molar-refractivity contribution in [1.82, 2.24) is 4.90 Å². The van der Waals surface area contributed by atoms with E-state index < -0.39 is 0 Å². The second-order valence-corrected chi connectivity index (χ2v) is 9.21. The fourth-order valence-corrected chi connectivity index (χ4v) is 5.85. The number of rotatable bonds is 3.